The van der Waals surface area contributed by atoms with Crippen molar-refractivity contribution in [3.05, 3.63) is 88.5 Å². The third kappa shape index (κ3) is 5.86. The van der Waals surface area contributed by atoms with Crippen molar-refractivity contribution in [2.75, 3.05) is 13.6 Å². The summed E-state index contributed by atoms with van der Waals surface area (Å²) in [5, 5.41) is 21.7. The standard InChI is InChI=1S/C28H27BF2N2O6S/c1-32-28(34)26-22-14-21(17-3-4-17)19(13-25(22)39-27(26)18-5-7-20(30)8-6-18)15-33(40(37)38)11-10-16-2-9-23(29(35)36)24(31)12-16/h2,5-9,12-14,17,35-36H,3-4,10-11,15H2,1H3,(H,32,34)(H,37,38). The Balaban J connectivity index is 1.49. The van der Waals surface area contributed by atoms with Gasteiger partial charge in [0.15, 0.2) is 0 Å². The Morgan fingerprint density at radius 2 is 1.85 bits per heavy atom. The van der Waals surface area contributed by atoms with Crippen LogP contribution in [0.5, 0.6) is 0 Å². The van der Waals surface area contributed by atoms with Crippen LogP contribution < -0.4 is 10.8 Å². The topological polar surface area (TPSA) is 123 Å². The van der Waals surface area contributed by atoms with E-state index in [4.69, 9.17) is 4.42 Å². The maximum Gasteiger partial charge on any atom is 0.491 e. The van der Waals surface area contributed by atoms with Crippen LogP contribution in [0.2, 0.25) is 0 Å². The van der Waals surface area contributed by atoms with E-state index in [0.29, 0.717) is 33.4 Å². The largest absolute Gasteiger partial charge is 0.491 e. The van der Waals surface area contributed by atoms with Crippen LogP contribution in [0.25, 0.3) is 22.3 Å². The van der Waals surface area contributed by atoms with Gasteiger partial charge in [0.25, 0.3) is 5.91 Å². The number of carbonyl (C=O) groups is 1. The van der Waals surface area contributed by atoms with Crippen LogP contribution in [0.1, 0.15) is 45.8 Å². The van der Waals surface area contributed by atoms with Gasteiger partial charge < -0.3 is 19.8 Å². The maximum atomic E-state index is 14.2. The molecule has 0 aliphatic heterocycles. The lowest BCUT2D eigenvalue weighted by Crippen LogP contribution is -2.33. The van der Waals surface area contributed by atoms with Gasteiger partial charge in [-0.05, 0) is 84.3 Å². The van der Waals surface area contributed by atoms with Crippen molar-refractivity contribution in [3.63, 3.8) is 0 Å². The fourth-order valence-corrected chi connectivity index (χ4v) is 5.36. The van der Waals surface area contributed by atoms with Crippen LogP contribution in [-0.4, -0.2) is 49.7 Å². The summed E-state index contributed by atoms with van der Waals surface area (Å²) < 4.78 is 57.6. The molecular weight excluding hydrogens is 541 g/mol. The zero-order valence-electron chi connectivity index (χ0n) is 21.6. The molecule has 1 fully saturated rings. The average Bonchev–Trinajstić information content (AvgIpc) is 3.70. The Hall–Kier alpha value is -3.42. The van der Waals surface area contributed by atoms with Gasteiger partial charge in [0.05, 0.1) is 5.56 Å². The van der Waals surface area contributed by atoms with Gasteiger partial charge in [-0.15, -0.1) is 0 Å². The monoisotopic (exact) mass is 568 g/mol. The summed E-state index contributed by atoms with van der Waals surface area (Å²) in [6, 6.07) is 13.3. The van der Waals surface area contributed by atoms with Crippen molar-refractivity contribution in [3.8, 4) is 11.3 Å². The van der Waals surface area contributed by atoms with Crippen molar-refractivity contribution in [1.82, 2.24) is 9.62 Å². The molecule has 4 N–H and O–H groups in total. The Labute approximate surface area is 232 Å². The first-order chi connectivity index (χ1) is 19.2. The normalized spacial score (nSPS) is 14.1. The molecule has 1 saturated carbocycles. The van der Waals surface area contributed by atoms with Crippen LogP contribution in [0.4, 0.5) is 8.78 Å². The van der Waals surface area contributed by atoms with Gasteiger partial charge in [-0.25, -0.2) is 13.0 Å². The number of hydrogen-bond donors (Lipinski definition) is 4. The molecule has 1 unspecified atom stereocenters. The highest BCUT2D eigenvalue weighted by Gasteiger charge is 2.30. The van der Waals surface area contributed by atoms with Gasteiger partial charge in [0.1, 0.15) is 23.0 Å². The summed E-state index contributed by atoms with van der Waals surface area (Å²) in [4.78, 5) is 12.9. The molecular formula is C28H27BF2N2O6S. The van der Waals surface area contributed by atoms with Crippen molar-refractivity contribution in [2.24, 2.45) is 0 Å². The second kappa shape index (κ2) is 11.6. The fraction of sp³-hybridized carbons (Fsp3) is 0.250. The smallest absolute Gasteiger partial charge is 0.455 e. The first-order valence-corrected chi connectivity index (χ1v) is 13.8. The molecule has 1 amide bonds. The molecule has 1 aromatic heterocycles. The molecule has 1 heterocycles. The van der Waals surface area contributed by atoms with Crippen LogP contribution in [-0.2, 0) is 24.2 Å². The van der Waals surface area contributed by atoms with Gasteiger partial charge in [0.2, 0.25) is 11.3 Å². The molecule has 5 rings (SSSR count). The number of benzene rings is 3. The van der Waals surface area contributed by atoms with Crippen LogP contribution >= 0.6 is 0 Å². The second-order valence-corrected chi connectivity index (χ2v) is 10.8. The maximum absolute atomic E-state index is 14.2. The molecule has 0 spiro atoms. The van der Waals surface area contributed by atoms with E-state index < -0.39 is 30.0 Å². The third-order valence-corrected chi connectivity index (χ3v) is 7.84. The van der Waals surface area contributed by atoms with Crippen molar-refractivity contribution < 1.29 is 36.8 Å². The molecule has 1 aliphatic carbocycles. The summed E-state index contributed by atoms with van der Waals surface area (Å²) in [6.07, 6.45) is 2.13. The minimum Gasteiger partial charge on any atom is -0.455 e. The lowest BCUT2D eigenvalue weighted by atomic mass is 9.79. The molecule has 4 aromatic rings. The summed E-state index contributed by atoms with van der Waals surface area (Å²) in [5.74, 6) is -0.998. The molecule has 8 nitrogen and oxygen atoms in total. The molecule has 0 radical (unpaired) electrons. The summed E-state index contributed by atoms with van der Waals surface area (Å²) in [6.45, 7) is 0.219. The number of rotatable bonds is 10. The zero-order valence-corrected chi connectivity index (χ0v) is 22.4. The lowest BCUT2D eigenvalue weighted by Gasteiger charge is -2.20. The second-order valence-electron chi connectivity index (χ2n) is 9.79. The molecule has 0 bridgehead atoms. The van der Waals surface area contributed by atoms with E-state index >= 15 is 0 Å². The molecule has 3 aromatic carbocycles. The lowest BCUT2D eigenvalue weighted by molar-refractivity contribution is 0.0964. The Kier molecular flexibility index (Phi) is 8.15. The summed E-state index contributed by atoms with van der Waals surface area (Å²) in [7, 11) is -0.411. The van der Waals surface area contributed by atoms with E-state index in [1.807, 2.05) is 6.07 Å². The predicted molar refractivity (Wildman–Crippen MR) is 148 cm³/mol. The molecule has 0 saturated heterocycles. The molecule has 12 heteroatoms. The van der Waals surface area contributed by atoms with Crippen molar-refractivity contribution in [1.29, 1.82) is 0 Å². The first-order valence-electron chi connectivity index (χ1n) is 12.7. The number of halogens is 2. The van der Waals surface area contributed by atoms with Gasteiger partial charge in [-0.3, -0.25) is 9.35 Å². The van der Waals surface area contributed by atoms with E-state index in [1.165, 1.54) is 53.8 Å². The Morgan fingerprint density at radius 3 is 2.45 bits per heavy atom. The SMILES string of the molecule is CNC(=O)c1c(-c2ccc(F)cc2)oc2cc(CN(CCc3ccc(B(O)O)c(F)c3)S(=O)O)c(C3CC3)cc12. The summed E-state index contributed by atoms with van der Waals surface area (Å²) in [5.41, 5.74) is 3.29. The average molecular weight is 568 g/mol. The quantitative estimate of drug-likeness (QED) is 0.172. The van der Waals surface area contributed by atoms with Crippen LogP contribution in [0, 0.1) is 11.6 Å². The highest BCUT2D eigenvalue weighted by Crippen LogP contribution is 2.45. The van der Waals surface area contributed by atoms with E-state index in [2.05, 4.69) is 5.32 Å². The molecule has 208 valence electrons. The van der Waals surface area contributed by atoms with Crippen LogP contribution in [0.15, 0.2) is 59.0 Å². The van der Waals surface area contributed by atoms with Gasteiger partial charge in [-0.1, -0.05) is 12.1 Å². The minimum absolute atomic E-state index is 0.0999. The third-order valence-electron chi connectivity index (χ3n) is 7.09. The highest BCUT2D eigenvalue weighted by molar-refractivity contribution is 7.76. The Bertz CT molecular complexity index is 1590. The number of nitrogens with zero attached hydrogens (tertiary/aromatic N) is 1. The van der Waals surface area contributed by atoms with Gasteiger partial charge >= 0.3 is 7.12 Å². The van der Waals surface area contributed by atoms with E-state index in [-0.39, 0.29) is 36.8 Å². The van der Waals surface area contributed by atoms with E-state index in [0.717, 1.165) is 24.0 Å². The number of amides is 1. The fourth-order valence-electron chi connectivity index (χ4n) is 4.86. The number of furan rings is 1. The predicted octanol–water partition coefficient (Wildman–Crippen LogP) is 3.48. The molecule has 1 aliphatic rings. The van der Waals surface area contributed by atoms with E-state index in [9.17, 15) is 32.4 Å². The van der Waals surface area contributed by atoms with Crippen molar-refractivity contribution in [2.45, 2.75) is 31.7 Å². The van der Waals surface area contributed by atoms with Crippen LogP contribution in [0.3, 0.4) is 0 Å². The van der Waals surface area contributed by atoms with Gasteiger partial charge in [0, 0.05) is 36.5 Å². The van der Waals surface area contributed by atoms with Gasteiger partial charge in [-0.2, -0.15) is 4.31 Å². The minimum atomic E-state index is -2.34. The molecule has 40 heavy (non-hydrogen) atoms. The number of hydrogen-bond acceptors (Lipinski definition) is 5. The molecule has 1 atom stereocenters. The highest BCUT2D eigenvalue weighted by atomic mass is 32.2. The summed E-state index contributed by atoms with van der Waals surface area (Å²) >= 11 is -2.34. The number of fused-ring (bicyclic) bond motifs is 1. The first kappa shape index (κ1) is 28.1. The zero-order chi connectivity index (χ0) is 28.6. The number of carbonyl (C=O) groups excluding carboxylic acids is 1. The number of nitrogens with one attached hydrogen (secondary N) is 1. The van der Waals surface area contributed by atoms with Crippen molar-refractivity contribution >= 4 is 40.7 Å². The Morgan fingerprint density at radius 1 is 1.12 bits per heavy atom. The van der Waals surface area contributed by atoms with E-state index in [1.54, 1.807) is 6.07 Å².